The largest absolute Gasteiger partial charge is 0.352 e. The molecule has 3 N–H and O–H groups in total. The lowest BCUT2D eigenvalue weighted by Crippen LogP contribution is -2.25. The number of carbonyl (C=O) groups excluding carboxylic acids is 2. The number of aryl methyl sites for hydroxylation is 1. The van der Waals surface area contributed by atoms with Gasteiger partial charge in [0.1, 0.15) is 0 Å². The van der Waals surface area contributed by atoms with Crippen LogP contribution >= 0.6 is 11.3 Å². The van der Waals surface area contributed by atoms with Gasteiger partial charge in [0.2, 0.25) is 5.13 Å². The number of anilines is 2. The summed E-state index contributed by atoms with van der Waals surface area (Å²) in [6.07, 6.45) is 0.751. The number of nitrogens with zero attached hydrogens (tertiary/aromatic N) is 2. The van der Waals surface area contributed by atoms with E-state index < -0.39 is 15.9 Å². The SMILES string of the molecule is CCCNC(=O)c1ccccc1NS(=O)(=O)c1nnc(NC(=O)c2ccc(C)cc2)s1. The number of aromatic nitrogens is 2. The zero-order chi connectivity index (χ0) is 22.4. The Labute approximate surface area is 184 Å². The topological polar surface area (TPSA) is 130 Å². The van der Waals surface area contributed by atoms with Crippen LogP contribution in [0.15, 0.2) is 52.9 Å². The van der Waals surface area contributed by atoms with Crippen LogP contribution in [0.2, 0.25) is 0 Å². The van der Waals surface area contributed by atoms with Gasteiger partial charge in [-0.05, 0) is 37.6 Å². The van der Waals surface area contributed by atoms with Crippen LogP contribution in [-0.4, -0.2) is 37.0 Å². The molecule has 0 unspecified atom stereocenters. The normalized spacial score (nSPS) is 11.0. The first kappa shape index (κ1) is 22.4. The molecule has 31 heavy (non-hydrogen) atoms. The molecule has 3 rings (SSSR count). The molecule has 3 aromatic rings. The molecule has 0 fully saturated rings. The Morgan fingerprint density at radius 1 is 1.00 bits per heavy atom. The lowest BCUT2D eigenvalue weighted by Gasteiger charge is -2.11. The van der Waals surface area contributed by atoms with Gasteiger partial charge < -0.3 is 5.32 Å². The van der Waals surface area contributed by atoms with E-state index in [1.807, 2.05) is 13.8 Å². The highest BCUT2D eigenvalue weighted by molar-refractivity contribution is 7.94. The van der Waals surface area contributed by atoms with Gasteiger partial charge in [0, 0.05) is 12.1 Å². The van der Waals surface area contributed by atoms with E-state index in [4.69, 9.17) is 0 Å². The molecule has 0 spiro atoms. The van der Waals surface area contributed by atoms with Gasteiger partial charge in [-0.1, -0.05) is 48.1 Å². The predicted octanol–water partition coefficient (Wildman–Crippen LogP) is 3.04. The number of carbonyl (C=O) groups is 2. The van der Waals surface area contributed by atoms with Crippen LogP contribution in [0.3, 0.4) is 0 Å². The number of amides is 2. The molecule has 0 atom stereocenters. The van der Waals surface area contributed by atoms with Gasteiger partial charge in [0.05, 0.1) is 11.3 Å². The number of rotatable bonds is 8. The van der Waals surface area contributed by atoms with E-state index in [-0.39, 0.29) is 26.6 Å². The first-order valence-electron chi connectivity index (χ1n) is 9.41. The molecule has 0 aliphatic carbocycles. The highest BCUT2D eigenvalue weighted by Crippen LogP contribution is 2.24. The third kappa shape index (κ3) is 5.64. The van der Waals surface area contributed by atoms with Crippen LogP contribution in [-0.2, 0) is 10.0 Å². The maximum Gasteiger partial charge on any atom is 0.291 e. The molecule has 0 aliphatic heterocycles. The Balaban J connectivity index is 1.75. The van der Waals surface area contributed by atoms with Gasteiger partial charge in [0.25, 0.3) is 26.2 Å². The van der Waals surface area contributed by atoms with Crippen LogP contribution in [0.5, 0.6) is 0 Å². The van der Waals surface area contributed by atoms with E-state index in [1.165, 1.54) is 12.1 Å². The van der Waals surface area contributed by atoms with E-state index in [0.717, 1.165) is 12.0 Å². The molecule has 0 saturated heterocycles. The van der Waals surface area contributed by atoms with Crippen molar-refractivity contribution in [1.82, 2.24) is 15.5 Å². The van der Waals surface area contributed by atoms with E-state index in [0.29, 0.717) is 23.4 Å². The Morgan fingerprint density at radius 3 is 2.42 bits per heavy atom. The maximum atomic E-state index is 12.7. The first-order valence-corrected chi connectivity index (χ1v) is 11.7. The summed E-state index contributed by atoms with van der Waals surface area (Å²) >= 11 is 0.708. The molecule has 2 amide bonds. The number of hydrogen-bond donors (Lipinski definition) is 3. The molecule has 0 radical (unpaired) electrons. The summed E-state index contributed by atoms with van der Waals surface area (Å²) in [5.74, 6) is -0.811. The zero-order valence-corrected chi connectivity index (χ0v) is 18.5. The molecule has 1 aromatic heterocycles. The van der Waals surface area contributed by atoms with Crippen LogP contribution in [0, 0.1) is 6.92 Å². The Morgan fingerprint density at radius 2 is 1.71 bits per heavy atom. The second-order valence-electron chi connectivity index (χ2n) is 6.60. The molecule has 0 saturated carbocycles. The second kappa shape index (κ2) is 9.67. The number of para-hydroxylation sites is 1. The van der Waals surface area contributed by atoms with Crippen molar-refractivity contribution in [3.63, 3.8) is 0 Å². The molecule has 0 aliphatic rings. The smallest absolute Gasteiger partial charge is 0.291 e. The van der Waals surface area contributed by atoms with Gasteiger partial charge in [-0.15, -0.1) is 10.2 Å². The van der Waals surface area contributed by atoms with Gasteiger partial charge in [-0.3, -0.25) is 19.6 Å². The Hall–Kier alpha value is -3.31. The zero-order valence-electron chi connectivity index (χ0n) is 16.9. The van der Waals surface area contributed by atoms with E-state index in [1.54, 1.807) is 36.4 Å². The summed E-state index contributed by atoms with van der Waals surface area (Å²) in [4.78, 5) is 24.6. The summed E-state index contributed by atoms with van der Waals surface area (Å²) in [5, 5.41) is 12.7. The summed E-state index contributed by atoms with van der Waals surface area (Å²) in [5.41, 5.74) is 1.74. The fourth-order valence-electron chi connectivity index (χ4n) is 2.54. The van der Waals surface area contributed by atoms with Crippen molar-refractivity contribution in [2.45, 2.75) is 24.6 Å². The minimum absolute atomic E-state index is 0.0416. The van der Waals surface area contributed by atoms with Crippen molar-refractivity contribution >= 4 is 44.0 Å². The van der Waals surface area contributed by atoms with Gasteiger partial charge >= 0.3 is 0 Å². The van der Waals surface area contributed by atoms with Crippen LogP contribution < -0.4 is 15.4 Å². The third-order valence-electron chi connectivity index (χ3n) is 4.12. The van der Waals surface area contributed by atoms with Crippen molar-refractivity contribution in [2.24, 2.45) is 0 Å². The first-order chi connectivity index (χ1) is 14.8. The summed E-state index contributed by atoms with van der Waals surface area (Å²) in [7, 11) is -4.11. The van der Waals surface area contributed by atoms with Gasteiger partial charge in [-0.25, -0.2) is 0 Å². The number of nitrogens with one attached hydrogen (secondary N) is 3. The summed E-state index contributed by atoms with van der Waals surface area (Å²) in [6, 6.07) is 13.2. The molecule has 162 valence electrons. The van der Waals surface area contributed by atoms with Crippen molar-refractivity contribution in [2.75, 3.05) is 16.6 Å². The van der Waals surface area contributed by atoms with Crippen molar-refractivity contribution in [1.29, 1.82) is 0 Å². The van der Waals surface area contributed by atoms with E-state index in [2.05, 4.69) is 25.6 Å². The fraction of sp³-hybridized carbons (Fsp3) is 0.200. The van der Waals surface area contributed by atoms with Crippen LogP contribution in [0.4, 0.5) is 10.8 Å². The molecular formula is C20H21N5O4S2. The van der Waals surface area contributed by atoms with Gasteiger partial charge in [0.15, 0.2) is 0 Å². The molecule has 2 aromatic carbocycles. The lowest BCUT2D eigenvalue weighted by molar-refractivity contribution is 0.0953. The van der Waals surface area contributed by atoms with Crippen LogP contribution in [0.1, 0.15) is 39.6 Å². The summed E-state index contributed by atoms with van der Waals surface area (Å²) < 4.78 is 27.5. The van der Waals surface area contributed by atoms with Crippen molar-refractivity contribution in [3.05, 3.63) is 65.2 Å². The number of benzene rings is 2. The highest BCUT2D eigenvalue weighted by atomic mass is 32.2. The molecule has 0 bridgehead atoms. The monoisotopic (exact) mass is 459 g/mol. The van der Waals surface area contributed by atoms with Gasteiger partial charge in [-0.2, -0.15) is 8.42 Å². The lowest BCUT2D eigenvalue weighted by atomic mass is 10.1. The molecule has 11 heteroatoms. The highest BCUT2D eigenvalue weighted by Gasteiger charge is 2.23. The fourth-order valence-corrected chi connectivity index (χ4v) is 4.51. The molecular weight excluding hydrogens is 438 g/mol. The minimum Gasteiger partial charge on any atom is -0.352 e. The average molecular weight is 460 g/mol. The maximum absolute atomic E-state index is 12.7. The standard InChI is InChI=1S/C20H21N5O4S2/c1-3-12-21-18(27)15-6-4-5-7-16(15)25-31(28,29)20-24-23-19(30-20)22-17(26)14-10-8-13(2)9-11-14/h4-11,25H,3,12H2,1-2H3,(H,21,27)(H,22,23,26). The van der Waals surface area contributed by atoms with Crippen molar-refractivity contribution in [3.8, 4) is 0 Å². The van der Waals surface area contributed by atoms with Crippen molar-refractivity contribution < 1.29 is 18.0 Å². The summed E-state index contributed by atoms with van der Waals surface area (Å²) in [6.45, 7) is 4.29. The third-order valence-corrected chi connectivity index (χ3v) is 6.69. The second-order valence-corrected chi connectivity index (χ2v) is 9.43. The number of sulfonamides is 1. The predicted molar refractivity (Wildman–Crippen MR) is 119 cm³/mol. The molecule has 1 heterocycles. The molecule has 9 nitrogen and oxygen atoms in total. The van der Waals surface area contributed by atoms with E-state index in [9.17, 15) is 18.0 Å². The minimum atomic E-state index is -4.11. The van der Waals surface area contributed by atoms with Crippen LogP contribution in [0.25, 0.3) is 0 Å². The number of hydrogen-bond acceptors (Lipinski definition) is 7. The van der Waals surface area contributed by atoms with E-state index >= 15 is 0 Å². The average Bonchev–Trinajstić information content (AvgIpc) is 3.22. The Bertz CT molecular complexity index is 1190. The quantitative estimate of drug-likeness (QED) is 0.444. The Kier molecular flexibility index (Phi) is 6.98.